The van der Waals surface area contributed by atoms with E-state index in [1.807, 2.05) is 18.2 Å². The van der Waals surface area contributed by atoms with E-state index >= 15 is 0 Å². The molecule has 0 saturated heterocycles. The minimum absolute atomic E-state index is 0.0945. The van der Waals surface area contributed by atoms with Gasteiger partial charge in [0.15, 0.2) is 24.2 Å². The molecule has 0 bridgehead atoms. The fourth-order valence-electron chi connectivity index (χ4n) is 2.96. The van der Waals surface area contributed by atoms with E-state index in [0.717, 1.165) is 0 Å². The van der Waals surface area contributed by atoms with Gasteiger partial charge < -0.3 is 19.1 Å². The fraction of sp³-hybridized carbons (Fsp3) is 0.222. The van der Waals surface area contributed by atoms with Crippen LogP contribution in [-0.4, -0.2) is 42.9 Å². The van der Waals surface area contributed by atoms with Crippen molar-refractivity contribution in [2.24, 2.45) is 0 Å². The fourth-order valence-corrected chi connectivity index (χ4v) is 2.96. The molecule has 2 amide bonds. The second-order valence-corrected chi connectivity index (χ2v) is 5.91. The Hall–Kier alpha value is -3.26. The van der Waals surface area contributed by atoms with E-state index in [9.17, 15) is 9.59 Å². The quantitative estimate of drug-likeness (QED) is 0.637. The van der Waals surface area contributed by atoms with Crippen LogP contribution in [0.1, 0.15) is 10.4 Å². The van der Waals surface area contributed by atoms with E-state index in [2.05, 4.69) is 0 Å². The minimum atomic E-state index is -0.669. The van der Waals surface area contributed by atoms with Gasteiger partial charge in [0, 0.05) is 5.56 Å². The van der Waals surface area contributed by atoms with Crippen LogP contribution < -0.4 is 24.6 Å². The number of hydrogen-bond acceptors (Lipinski definition) is 6. The van der Waals surface area contributed by atoms with Crippen LogP contribution in [0, 0.1) is 0 Å². The average molecular weight is 356 g/mol. The van der Waals surface area contributed by atoms with Gasteiger partial charge in [0.05, 0.1) is 12.2 Å². The highest BCUT2D eigenvalue weighted by atomic mass is 16.6. The molecule has 0 aromatic heterocycles. The van der Waals surface area contributed by atoms with Gasteiger partial charge in [-0.3, -0.25) is 14.8 Å². The Morgan fingerprint density at radius 3 is 2.77 bits per heavy atom. The molecule has 0 radical (unpaired) electrons. The molecule has 1 unspecified atom stereocenters. The third-order valence-electron chi connectivity index (χ3n) is 4.22. The second-order valence-electron chi connectivity index (χ2n) is 5.91. The largest absolute Gasteiger partial charge is 0.486 e. The number of hydrogen-bond donors (Lipinski definition) is 2. The van der Waals surface area contributed by atoms with Gasteiger partial charge in [0.25, 0.3) is 11.8 Å². The highest BCUT2D eigenvalue weighted by Crippen LogP contribution is 2.35. The molecule has 8 heteroatoms. The van der Waals surface area contributed by atoms with Crippen LogP contribution in [0.25, 0.3) is 0 Å². The summed E-state index contributed by atoms with van der Waals surface area (Å²) >= 11 is 0. The van der Waals surface area contributed by atoms with Gasteiger partial charge in [-0.1, -0.05) is 12.1 Å². The first-order chi connectivity index (χ1) is 12.7. The number of nitrogens with zero attached hydrogens (tertiary/aromatic N) is 1. The van der Waals surface area contributed by atoms with Gasteiger partial charge in [-0.2, -0.15) is 0 Å². The van der Waals surface area contributed by atoms with Gasteiger partial charge in [-0.05, 0) is 30.3 Å². The molecule has 4 rings (SSSR count). The van der Waals surface area contributed by atoms with E-state index in [0.29, 0.717) is 29.5 Å². The van der Waals surface area contributed by atoms with Crippen molar-refractivity contribution >= 4 is 17.5 Å². The Labute approximate surface area is 148 Å². The summed E-state index contributed by atoms with van der Waals surface area (Å²) in [6.07, 6.45) is -0.366. The summed E-state index contributed by atoms with van der Waals surface area (Å²) in [6.45, 7) is 0.449. The molecular weight excluding hydrogens is 340 g/mol. The minimum Gasteiger partial charge on any atom is -0.486 e. The van der Waals surface area contributed by atoms with E-state index in [1.165, 1.54) is 17.0 Å². The molecule has 0 fully saturated rings. The third-order valence-corrected chi connectivity index (χ3v) is 4.22. The highest BCUT2D eigenvalue weighted by molar-refractivity contribution is 6.01. The standard InChI is InChI=1S/C18H16N2O6/c21-17-10-25-14-6-5-11(18(22)19-23)7-13(14)20(17)8-12-9-24-15-3-1-2-4-16(15)26-12/h1-7,12,23H,8-10H2,(H,19,22). The van der Waals surface area contributed by atoms with Crippen molar-refractivity contribution in [1.82, 2.24) is 5.48 Å². The summed E-state index contributed by atoms with van der Waals surface area (Å²) in [7, 11) is 0. The zero-order valence-electron chi connectivity index (χ0n) is 13.7. The Morgan fingerprint density at radius 2 is 1.96 bits per heavy atom. The van der Waals surface area contributed by atoms with Crippen molar-refractivity contribution in [3.8, 4) is 17.2 Å². The number of nitrogens with one attached hydrogen (secondary N) is 1. The van der Waals surface area contributed by atoms with Gasteiger partial charge in [0.1, 0.15) is 12.4 Å². The number of ether oxygens (including phenoxy) is 3. The molecule has 2 N–H and O–H groups in total. The van der Waals surface area contributed by atoms with Gasteiger partial charge in [0.2, 0.25) is 0 Å². The molecule has 134 valence electrons. The Balaban J connectivity index is 1.59. The molecule has 0 aliphatic carbocycles. The molecular formula is C18H16N2O6. The maximum atomic E-state index is 12.4. The van der Waals surface area contributed by atoms with E-state index in [-0.39, 0.29) is 30.7 Å². The molecule has 2 heterocycles. The summed E-state index contributed by atoms with van der Waals surface area (Å²) in [5.74, 6) is 0.854. The number of benzene rings is 2. The summed E-state index contributed by atoms with van der Waals surface area (Å²) in [4.78, 5) is 25.6. The van der Waals surface area contributed by atoms with Crippen LogP contribution in [-0.2, 0) is 4.79 Å². The predicted molar refractivity (Wildman–Crippen MR) is 89.9 cm³/mol. The maximum Gasteiger partial charge on any atom is 0.274 e. The number of hydroxylamine groups is 1. The lowest BCUT2D eigenvalue weighted by Gasteiger charge is -2.34. The smallest absolute Gasteiger partial charge is 0.274 e. The lowest BCUT2D eigenvalue weighted by Crippen LogP contribution is -2.47. The summed E-state index contributed by atoms with van der Waals surface area (Å²) in [6, 6.07) is 11.9. The van der Waals surface area contributed by atoms with Crippen LogP contribution in [0.15, 0.2) is 42.5 Å². The maximum absolute atomic E-state index is 12.4. The van der Waals surface area contributed by atoms with E-state index in [1.54, 1.807) is 17.6 Å². The molecule has 2 aromatic rings. The summed E-state index contributed by atoms with van der Waals surface area (Å²) in [5, 5.41) is 8.82. The molecule has 0 spiro atoms. The zero-order chi connectivity index (χ0) is 18.1. The molecule has 2 aromatic carbocycles. The Morgan fingerprint density at radius 1 is 1.15 bits per heavy atom. The monoisotopic (exact) mass is 356 g/mol. The average Bonchev–Trinajstić information content (AvgIpc) is 2.69. The number of para-hydroxylation sites is 2. The van der Waals surface area contributed by atoms with Crippen LogP contribution in [0.4, 0.5) is 5.69 Å². The molecule has 8 nitrogen and oxygen atoms in total. The van der Waals surface area contributed by atoms with Crippen LogP contribution in [0.2, 0.25) is 0 Å². The van der Waals surface area contributed by atoms with Crippen molar-refractivity contribution in [3.63, 3.8) is 0 Å². The Kier molecular flexibility index (Phi) is 4.10. The number of fused-ring (bicyclic) bond motifs is 2. The third kappa shape index (κ3) is 2.91. The number of carbonyl (C=O) groups is 2. The first-order valence-corrected chi connectivity index (χ1v) is 8.06. The zero-order valence-corrected chi connectivity index (χ0v) is 13.7. The van der Waals surface area contributed by atoms with Crippen molar-refractivity contribution in [2.75, 3.05) is 24.7 Å². The topological polar surface area (TPSA) is 97.3 Å². The normalized spacial score (nSPS) is 18.0. The molecule has 2 aliphatic heterocycles. The number of carbonyl (C=O) groups excluding carboxylic acids is 2. The summed E-state index contributed by atoms with van der Waals surface area (Å²) < 4.78 is 17.0. The van der Waals surface area contributed by atoms with Gasteiger partial charge in [-0.15, -0.1) is 0 Å². The lowest BCUT2D eigenvalue weighted by atomic mass is 10.1. The van der Waals surface area contributed by atoms with Crippen LogP contribution >= 0.6 is 0 Å². The van der Waals surface area contributed by atoms with Crippen molar-refractivity contribution in [2.45, 2.75) is 6.10 Å². The highest BCUT2D eigenvalue weighted by Gasteiger charge is 2.31. The molecule has 0 saturated carbocycles. The predicted octanol–water partition coefficient (Wildman–Crippen LogP) is 1.37. The first kappa shape index (κ1) is 16.2. The van der Waals surface area contributed by atoms with Gasteiger partial charge >= 0.3 is 0 Å². The van der Waals surface area contributed by atoms with E-state index in [4.69, 9.17) is 19.4 Å². The van der Waals surface area contributed by atoms with Crippen LogP contribution in [0.3, 0.4) is 0 Å². The first-order valence-electron chi connectivity index (χ1n) is 8.06. The molecule has 26 heavy (non-hydrogen) atoms. The van der Waals surface area contributed by atoms with Gasteiger partial charge in [-0.25, -0.2) is 5.48 Å². The van der Waals surface area contributed by atoms with Crippen molar-refractivity contribution < 1.29 is 29.0 Å². The second kappa shape index (κ2) is 6.57. The lowest BCUT2D eigenvalue weighted by molar-refractivity contribution is -0.121. The molecule has 2 aliphatic rings. The number of amides is 2. The number of anilines is 1. The van der Waals surface area contributed by atoms with Crippen LogP contribution in [0.5, 0.6) is 17.2 Å². The van der Waals surface area contributed by atoms with Crippen molar-refractivity contribution in [3.05, 3.63) is 48.0 Å². The Bertz CT molecular complexity index is 869. The number of rotatable bonds is 3. The SMILES string of the molecule is O=C(NO)c1ccc2c(c1)N(CC1COc3ccccc3O1)C(=O)CO2. The van der Waals surface area contributed by atoms with Crippen molar-refractivity contribution in [1.29, 1.82) is 0 Å². The van der Waals surface area contributed by atoms with E-state index < -0.39 is 5.91 Å². The summed E-state index contributed by atoms with van der Waals surface area (Å²) in [5.41, 5.74) is 2.24. The molecule has 1 atom stereocenters.